The Morgan fingerprint density at radius 3 is 2.29 bits per heavy atom. The molecule has 124 valence electrons. The summed E-state index contributed by atoms with van der Waals surface area (Å²) < 4.78 is 5.26. The molecule has 0 aliphatic carbocycles. The molecule has 1 aliphatic rings. The van der Waals surface area contributed by atoms with E-state index in [1.54, 1.807) is 12.1 Å². The standard InChI is InChI=1S/C19H20N2O3/c22-18(21-10-12-24-13-11-21)14-15-6-8-17(9-7-15)20-19(23)16-4-2-1-3-5-16/h1-9H,10-14H2,(H,20,23). The van der Waals surface area contributed by atoms with Gasteiger partial charge in [-0.25, -0.2) is 0 Å². The number of amides is 2. The van der Waals surface area contributed by atoms with E-state index in [2.05, 4.69) is 5.32 Å². The normalized spacial score (nSPS) is 14.2. The second kappa shape index (κ2) is 7.75. The summed E-state index contributed by atoms with van der Waals surface area (Å²) in [6, 6.07) is 16.5. The highest BCUT2D eigenvalue weighted by Gasteiger charge is 2.16. The van der Waals surface area contributed by atoms with E-state index in [9.17, 15) is 9.59 Å². The van der Waals surface area contributed by atoms with Gasteiger partial charge in [0.1, 0.15) is 0 Å². The minimum absolute atomic E-state index is 0.111. The maximum atomic E-state index is 12.2. The molecule has 24 heavy (non-hydrogen) atoms. The average molecular weight is 324 g/mol. The Hall–Kier alpha value is -2.66. The lowest BCUT2D eigenvalue weighted by molar-refractivity contribution is -0.134. The Labute approximate surface area is 141 Å². The molecule has 1 fully saturated rings. The Kier molecular flexibility index (Phi) is 5.23. The van der Waals surface area contributed by atoms with Gasteiger partial charge >= 0.3 is 0 Å². The molecule has 2 amide bonds. The molecular formula is C19H20N2O3. The molecule has 1 saturated heterocycles. The first-order valence-corrected chi connectivity index (χ1v) is 8.03. The number of hydrogen-bond acceptors (Lipinski definition) is 3. The van der Waals surface area contributed by atoms with Crippen molar-refractivity contribution in [3.05, 3.63) is 65.7 Å². The van der Waals surface area contributed by atoms with Crippen LogP contribution < -0.4 is 5.32 Å². The maximum Gasteiger partial charge on any atom is 0.255 e. The van der Waals surface area contributed by atoms with Crippen molar-refractivity contribution in [3.8, 4) is 0 Å². The first-order valence-electron chi connectivity index (χ1n) is 8.03. The van der Waals surface area contributed by atoms with Crippen molar-refractivity contribution < 1.29 is 14.3 Å². The average Bonchev–Trinajstić information content (AvgIpc) is 2.65. The highest BCUT2D eigenvalue weighted by atomic mass is 16.5. The zero-order valence-electron chi connectivity index (χ0n) is 13.4. The van der Waals surface area contributed by atoms with Gasteiger partial charge < -0.3 is 15.0 Å². The number of nitrogens with one attached hydrogen (secondary N) is 1. The summed E-state index contributed by atoms with van der Waals surface area (Å²) >= 11 is 0. The number of morpholine rings is 1. The molecule has 5 nitrogen and oxygen atoms in total. The summed E-state index contributed by atoms with van der Waals surface area (Å²) in [5, 5.41) is 2.85. The summed E-state index contributed by atoms with van der Waals surface area (Å²) in [4.78, 5) is 26.1. The minimum Gasteiger partial charge on any atom is -0.378 e. The molecular weight excluding hydrogens is 304 g/mol. The number of nitrogens with zero attached hydrogens (tertiary/aromatic N) is 1. The second-order valence-corrected chi connectivity index (χ2v) is 5.69. The zero-order valence-corrected chi connectivity index (χ0v) is 13.4. The number of rotatable bonds is 4. The number of anilines is 1. The number of ether oxygens (including phenoxy) is 1. The first kappa shape index (κ1) is 16.2. The van der Waals surface area contributed by atoms with E-state index in [-0.39, 0.29) is 11.8 Å². The van der Waals surface area contributed by atoms with Crippen molar-refractivity contribution in [2.24, 2.45) is 0 Å². The lowest BCUT2D eigenvalue weighted by Gasteiger charge is -2.26. The van der Waals surface area contributed by atoms with Gasteiger partial charge in [-0.05, 0) is 29.8 Å². The van der Waals surface area contributed by atoms with Crippen molar-refractivity contribution >= 4 is 17.5 Å². The lowest BCUT2D eigenvalue weighted by Crippen LogP contribution is -2.41. The van der Waals surface area contributed by atoms with E-state index in [4.69, 9.17) is 4.74 Å². The van der Waals surface area contributed by atoms with Crippen LogP contribution in [0, 0.1) is 0 Å². The molecule has 0 spiro atoms. The molecule has 1 heterocycles. The van der Waals surface area contributed by atoms with Crippen molar-refractivity contribution in [1.82, 2.24) is 4.90 Å². The van der Waals surface area contributed by atoms with Crippen molar-refractivity contribution in [2.45, 2.75) is 6.42 Å². The number of benzene rings is 2. The van der Waals surface area contributed by atoms with Gasteiger partial charge in [0, 0.05) is 24.3 Å². The van der Waals surface area contributed by atoms with Gasteiger partial charge in [0.2, 0.25) is 5.91 Å². The van der Waals surface area contributed by atoms with Gasteiger partial charge in [-0.2, -0.15) is 0 Å². The molecule has 1 N–H and O–H groups in total. The fraction of sp³-hybridized carbons (Fsp3) is 0.263. The Morgan fingerprint density at radius 1 is 0.958 bits per heavy atom. The topological polar surface area (TPSA) is 58.6 Å². The van der Waals surface area contributed by atoms with Gasteiger partial charge in [-0.1, -0.05) is 30.3 Å². The predicted molar refractivity (Wildman–Crippen MR) is 91.9 cm³/mol. The van der Waals surface area contributed by atoms with Crippen LogP contribution in [0.25, 0.3) is 0 Å². The monoisotopic (exact) mass is 324 g/mol. The third-order valence-electron chi connectivity index (χ3n) is 3.97. The Balaban J connectivity index is 1.57. The van der Waals surface area contributed by atoms with Crippen LogP contribution in [-0.2, 0) is 16.0 Å². The van der Waals surface area contributed by atoms with E-state index in [0.29, 0.717) is 44.0 Å². The van der Waals surface area contributed by atoms with Crippen LogP contribution in [0.4, 0.5) is 5.69 Å². The van der Waals surface area contributed by atoms with Gasteiger partial charge in [0.05, 0.1) is 19.6 Å². The van der Waals surface area contributed by atoms with Crippen LogP contribution in [0.3, 0.4) is 0 Å². The molecule has 0 saturated carbocycles. The molecule has 0 atom stereocenters. The molecule has 2 aromatic carbocycles. The van der Waals surface area contributed by atoms with Crippen LogP contribution in [0.1, 0.15) is 15.9 Å². The Bertz CT molecular complexity index is 692. The predicted octanol–water partition coefficient (Wildman–Crippen LogP) is 2.34. The van der Waals surface area contributed by atoms with Gasteiger partial charge in [-0.15, -0.1) is 0 Å². The van der Waals surface area contributed by atoms with Crippen LogP contribution >= 0.6 is 0 Å². The molecule has 2 aromatic rings. The highest BCUT2D eigenvalue weighted by molar-refractivity contribution is 6.04. The summed E-state index contributed by atoms with van der Waals surface area (Å²) in [6.07, 6.45) is 0.368. The summed E-state index contributed by atoms with van der Waals surface area (Å²) in [6.45, 7) is 2.53. The number of carbonyl (C=O) groups excluding carboxylic acids is 2. The SMILES string of the molecule is O=C(Nc1ccc(CC(=O)N2CCOCC2)cc1)c1ccccc1. The fourth-order valence-corrected chi connectivity index (χ4v) is 2.60. The summed E-state index contributed by atoms with van der Waals surface area (Å²) in [5.74, 6) is -0.0351. The van der Waals surface area contributed by atoms with Crippen LogP contribution in [0.15, 0.2) is 54.6 Å². The van der Waals surface area contributed by atoms with E-state index in [0.717, 1.165) is 5.56 Å². The number of carbonyl (C=O) groups is 2. The van der Waals surface area contributed by atoms with Crippen molar-refractivity contribution in [3.63, 3.8) is 0 Å². The Morgan fingerprint density at radius 2 is 1.62 bits per heavy atom. The van der Waals surface area contributed by atoms with E-state index >= 15 is 0 Å². The molecule has 0 radical (unpaired) electrons. The third-order valence-corrected chi connectivity index (χ3v) is 3.97. The van der Waals surface area contributed by atoms with Crippen LogP contribution in [0.2, 0.25) is 0 Å². The summed E-state index contributed by atoms with van der Waals surface area (Å²) in [7, 11) is 0. The molecule has 1 aliphatic heterocycles. The van der Waals surface area contributed by atoms with E-state index in [1.807, 2.05) is 47.4 Å². The van der Waals surface area contributed by atoms with Gasteiger partial charge in [0.25, 0.3) is 5.91 Å². The molecule has 0 unspecified atom stereocenters. The van der Waals surface area contributed by atoms with Gasteiger partial charge in [0.15, 0.2) is 0 Å². The van der Waals surface area contributed by atoms with E-state index in [1.165, 1.54) is 0 Å². The fourth-order valence-electron chi connectivity index (χ4n) is 2.60. The third kappa shape index (κ3) is 4.20. The number of hydrogen-bond donors (Lipinski definition) is 1. The lowest BCUT2D eigenvalue weighted by atomic mass is 10.1. The van der Waals surface area contributed by atoms with Crippen molar-refractivity contribution in [2.75, 3.05) is 31.6 Å². The highest BCUT2D eigenvalue weighted by Crippen LogP contribution is 2.13. The zero-order chi connectivity index (χ0) is 16.8. The smallest absolute Gasteiger partial charge is 0.255 e. The molecule has 0 bridgehead atoms. The minimum atomic E-state index is -0.146. The van der Waals surface area contributed by atoms with Crippen LogP contribution in [-0.4, -0.2) is 43.0 Å². The molecule has 0 aromatic heterocycles. The molecule has 3 rings (SSSR count). The van der Waals surface area contributed by atoms with Crippen molar-refractivity contribution in [1.29, 1.82) is 0 Å². The second-order valence-electron chi connectivity index (χ2n) is 5.69. The van der Waals surface area contributed by atoms with E-state index < -0.39 is 0 Å². The first-order chi connectivity index (χ1) is 11.7. The molecule has 5 heteroatoms. The van der Waals surface area contributed by atoms with Crippen LogP contribution in [0.5, 0.6) is 0 Å². The van der Waals surface area contributed by atoms with Gasteiger partial charge in [-0.3, -0.25) is 9.59 Å². The summed E-state index contributed by atoms with van der Waals surface area (Å²) in [5.41, 5.74) is 2.26. The largest absolute Gasteiger partial charge is 0.378 e. The maximum absolute atomic E-state index is 12.2. The quantitative estimate of drug-likeness (QED) is 0.939.